The number of ether oxygens (including phenoxy) is 1. The fourth-order valence-electron chi connectivity index (χ4n) is 3.51. The second kappa shape index (κ2) is 3.05. The molecular formula is C13H14N4O. The molecule has 5 heterocycles. The number of rotatable bonds is 0. The van der Waals surface area contributed by atoms with Gasteiger partial charge in [0.15, 0.2) is 0 Å². The molecule has 0 aliphatic carbocycles. The van der Waals surface area contributed by atoms with Gasteiger partial charge in [0.05, 0.1) is 36.7 Å². The molecule has 5 nitrogen and oxygen atoms in total. The molecule has 1 aromatic heterocycles. The maximum absolute atomic E-state index is 5.56. The zero-order valence-electron chi connectivity index (χ0n) is 9.91. The molecule has 2 saturated heterocycles. The predicted octanol–water partition coefficient (Wildman–Crippen LogP) is 0.428. The van der Waals surface area contributed by atoms with Gasteiger partial charge in [-0.2, -0.15) is 0 Å². The van der Waals surface area contributed by atoms with E-state index in [0.717, 1.165) is 19.8 Å². The Morgan fingerprint density at radius 3 is 3.44 bits per heavy atom. The van der Waals surface area contributed by atoms with E-state index in [1.807, 2.05) is 12.4 Å². The Hall–Kier alpha value is -1.59. The summed E-state index contributed by atoms with van der Waals surface area (Å²) in [5, 5.41) is 3.59. The van der Waals surface area contributed by atoms with Gasteiger partial charge in [0.25, 0.3) is 0 Å². The van der Waals surface area contributed by atoms with Crippen molar-refractivity contribution in [2.45, 2.75) is 18.2 Å². The molecule has 5 heteroatoms. The summed E-state index contributed by atoms with van der Waals surface area (Å²) in [5.74, 6) is 0. The Morgan fingerprint density at radius 2 is 2.44 bits per heavy atom. The van der Waals surface area contributed by atoms with Crippen molar-refractivity contribution in [1.82, 2.24) is 15.2 Å². The lowest BCUT2D eigenvalue weighted by molar-refractivity contribution is 0.0626. The van der Waals surface area contributed by atoms with Crippen LogP contribution in [0.25, 0.3) is 0 Å². The molecule has 1 aromatic rings. The minimum atomic E-state index is 0.434. The SMILES string of the molecule is C1=C2COCCN2C2C3NC3c3cnccc3N12. The molecule has 0 aromatic carbocycles. The number of nitrogens with one attached hydrogen (secondary N) is 1. The first kappa shape index (κ1) is 9.35. The summed E-state index contributed by atoms with van der Waals surface area (Å²) in [6, 6.07) is 3.15. The fourth-order valence-corrected chi connectivity index (χ4v) is 3.51. The zero-order chi connectivity index (χ0) is 11.7. The normalized spacial score (nSPS) is 35.3. The van der Waals surface area contributed by atoms with E-state index in [1.54, 1.807) is 0 Å². The van der Waals surface area contributed by atoms with Gasteiger partial charge in [-0.3, -0.25) is 4.98 Å². The monoisotopic (exact) mass is 242 g/mol. The highest BCUT2D eigenvalue weighted by Gasteiger charge is 2.55. The molecule has 92 valence electrons. The van der Waals surface area contributed by atoms with Crippen molar-refractivity contribution < 1.29 is 4.74 Å². The summed E-state index contributed by atoms with van der Waals surface area (Å²) in [5.41, 5.74) is 3.93. The van der Waals surface area contributed by atoms with Crippen molar-refractivity contribution >= 4 is 5.69 Å². The third-order valence-corrected chi connectivity index (χ3v) is 4.37. The van der Waals surface area contributed by atoms with Crippen LogP contribution in [0.15, 0.2) is 30.4 Å². The van der Waals surface area contributed by atoms with Crippen LogP contribution in [0, 0.1) is 0 Å². The highest BCUT2D eigenvalue weighted by Crippen LogP contribution is 2.49. The molecule has 0 radical (unpaired) electrons. The van der Waals surface area contributed by atoms with Crippen LogP contribution in [-0.4, -0.2) is 41.9 Å². The third-order valence-electron chi connectivity index (χ3n) is 4.37. The van der Waals surface area contributed by atoms with Crippen molar-refractivity contribution in [3.8, 4) is 0 Å². The average molecular weight is 242 g/mol. The third kappa shape index (κ3) is 1.02. The predicted molar refractivity (Wildman–Crippen MR) is 65.8 cm³/mol. The van der Waals surface area contributed by atoms with Crippen LogP contribution in [0.2, 0.25) is 0 Å². The first-order valence-electron chi connectivity index (χ1n) is 6.47. The van der Waals surface area contributed by atoms with Crippen LogP contribution in [-0.2, 0) is 4.74 Å². The maximum Gasteiger partial charge on any atom is 0.123 e. The molecule has 18 heavy (non-hydrogen) atoms. The number of nitrogens with zero attached hydrogens (tertiary/aromatic N) is 3. The highest BCUT2D eigenvalue weighted by molar-refractivity contribution is 5.64. The number of morpholine rings is 1. The van der Waals surface area contributed by atoms with Crippen LogP contribution < -0.4 is 10.2 Å². The maximum atomic E-state index is 5.56. The van der Waals surface area contributed by atoms with E-state index in [-0.39, 0.29) is 0 Å². The zero-order valence-corrected chi connectivity index (χ0v) is 9.91. The Labute approximate surface area is 105 Å². The first-order valence-corrected chi connectivity index (χ1v) is 6.47. The lowest BCUT2D eigenvalue weighted by Gasteiger charge is -2.38. The Bertz CT molecular complexity index is 558. The minimum absolute atomic E-state index is 0.434. The summed E-state index contributed by atoms with van der Waals surface area (Å²) < 4.78 is 5.56. The summed E-state index contributed by atoms with van der Waals surface area (Å²) in [6.45, 7) is 2.57. The topological polar surface area (TPSA) is 50.5 Å². The van der Waals surface area contributed by atoms with Crippen molar-refractivity contribution in [2.24, 2.45) is 0 Å². The molecule has 4 aliphatic heterocycles. The second-order valence-corrected chi connectivity index (χ2v) is 5.29. The van der Waals surface area contributed by atoms with Gasteiger partial charge in [-0.25, -0.2) is 0 Å². The molecule has 0 amide bonds. The van der Waals surface area contributed by atoms with Gasteiger partial charge >= 0.3 is 0 Å². The van der Waals surface area contributed by atoms with Gasteiger partial charge in [-0.05, 0) is 6.07 Å². The summed E-state index contributed by atoms with van der Waals surface area (Å²) >= 11 is 0. The smallest absolute Gasteiger partial charge is 0.123 e. The van der Waals surface area contributed by atoms with Gasteiger partial charge < -0.3 is 19.9 Å². The van der Waals surface area contributed by atoms with E-state index in [0.29, 0.717) is 18.2 Å². The van der Waals surface area contributed by atoms with Gasteiger partial charge in [0, 0.05) is 30.7 Å². The summed E-state index contributed by atoms with van der Waals surface area (Å²) in [6.07, 6.45) is 6.56. The lowest BCUT2D eigenvalue weighted by Crippen LogP contribution is -2.49. The van der Waals surface area contributed by atoms with Crippen molar-refractivity contribution in [3.05, 3.63) is 35.9 Å². The van der Waals surface area contributed by atoms with Crippen LogP contribution in [0.3, 0.4) is 0 Å². The van der Waals surface area contributed by atoms with Crippen LogP contribution in [0.5, 0.6) is 0 Å². The number of fused-ring (bicyclic) bond motifs is 8. The van der Waals surface area contributed by atoms with Gasteiger partial charge in [-0.1, -0.05) is 0 Å². The number of hydrogen-bond acceptors (Lipinski definition) is 5. The number of anilines is 1. The molecule has 3 unspecified atom stereocenters. The van der Waals surface area contributed by atoms with Gasteiger partial charge in [0.2, 0.25) is 0 Å². The van der Waals surface area contributed by atoms with Gasteiger partial charge in [-0.15, -0.1) is 0 Å². The second-order valence-electron chi connectivity index (χ2n) is 5.29. The lowest BCUT2D eigenvalue weighted by atomic mass is 10.0. The van der Waals surface area contributed by atoms with Crippen LogP contribution in [0.4, 0.5) is 5.69 Å². The average Bonchev–Trinajstić information content (AvgIpc) is 3.13. The quantitative estimate of drug-likeness (QED) is 0.669. The van der Waals surface area contributed by atoms with E-state index < -0.39 is 0 Å². The molecule has 0 saturated carbocycles. The van der Waals surface area contributed by atoms with E-state index in [9.17, 15) is 0 Å². The molecule has 5 rings (SSSR count). The Kier molecular flexibility index (Phi) is 1.58. The van der Waals surface area contributed by atoms with E-state index in [2.05, 4.69) is 32.4 Å². The van der Waals surface area contributed by atoms with Crippen molar-refractivity contribution in [3.63, 3.8) is 0 Å². The summed E-state index contributed by atoms with van der Waals surface area (Å²) in [4.78, 5) is 9.14. The Balaban J connectivity index is 1.66. The molecule has 4 aliphatic rings. The summed E-state index contributed by atoms with van der Waals surface area (Å²) in [7, 11) is 0. The van der Waals surface area contributed by atoms with Gasteiger partial charge in [0.1, 0.15) is 6.17 Å². The molecule has 1 N–H and O–H groups in total. The molecule has 0 spiro atoms. The Morgan fingerprint density at radius 1 is 1.44 bits per heavy atom. The van der Waals surface area contributed by atoms with Crippen LogP contribution in [0.1, 0.15) is 11.6 Å². The number of aromatic nitrogens is 1. The molecule has 3 atom stereocenters. The van der Waals surface area contributed by atoms with E-state index in [1.165, 1.54) is 16.9 Å². The number of hydrogen-bond donors (Lipinski definition) is 1. The highest BCUT2D eigenvalue weighted by atomic mass is 16.5. The van der Waals surface area contributed by atoms with Crippen LogP contribution >= 0.6 is 0 Å². The molecule has 0 bridgehead atoms. The van der Waals surface area contributed by atoms with E-state index in [4.69, 9.17) is 4.74 Å². The fraction of sp³-hybridized carbons (Fsp3) is 0.462. The molecular weight excluding hydrogens is 228 g/mol. The van der Waals surface area contributed by atoms with E-state index >= 15 is 0 Å². The minimum Gasteiger partial charge on any atom is -0.373 e. The standard InChI is InChI=1S/C13H14N4O/c1-2-14-5-9-10(1)17-6-8-7-18-4-3-16(8)13(17)12-11(9)15-12/h1-2,5-6,11-13,15H,3-4,7H2. The van der Waals surface area contributed by atoms with Crippen molar-refractivity contribution in [1.29, 1.82) is 0 Å². The number of pyridine rings is 1. The molecule has 2 fully saturated rings. The first-order chi connectivity index (χ1) is 8.93. The largest absolute Gasteiger partial charge is 0.373 e. The van der Waals surface area contributed by atoms with Crippen molar-refractivity contribution in [2.75, 3.05) is 24.7 Å².